The molecule has 5 heteroatoms. The molecule has 1 atom stereocenters. The monoisotopic (exact) mass is 324 g/mol. The highest BCUT2D eigenvalue weighted by atomic mass is 16.5. The minimum atomic E-state index is -0.503. The standard InChI is InChI=1S/C18H34N3O2/c1-4-9-21(10-5-2,11-6-3)13-16(22)14-23-18-8-7-15(19)12-17(18)20/h7-8,12,16,22H,4-6,9-11,13-14,19-20H2,1-3H3/q+1. The summed E-state index contributed by atoms with van der Waals surface area (Å²) in [5.74, 6) is 0.581. The Morgan fingerprint density at radius 2 is 1.61 bits per heavy atom. The molecule has 0 aliphatic carbocycles. The number of rotatable bonds is 11. The Hall–Kier alpha value is -1.46. The lowest BCUT2D eigenvalue weighted by Gasteiger charge is -2.39. The van der Waals surface area contributed by atoms with Crippen molar-refractivity contribution in [3.8, 4) is 5.75 Å². The van der Waals surface area contributed by atoms with Crippen molar-refractivity contribution >= 4 is 11.4 Å². The van der Waals surface area contributed by atoms with E-state index < -0.39 is 6.10 Å². The fraction of sp³-hybridized carbons (Fsp3) is 0.667. The molecule has 0 aliphatic rings. The molecule has 0 fully saturated rings. The normalized spacial score (nSPS) is 13.0. The van der Waals surface area contributed by atoms with E-state index in [1.54, 1.807) is 18.2 Å². The molecule has 1 aromatic carbocycles. The zero-order chi connectivity index (χ0) is 17.3. The fourth-order valence-corrected chi connectivity index (χ4v) is 3.42. The maximum Gasteiger partial charge on any atom is 0.142 e. The Bertz CT molecular complexity index is 449. The number of quaternary nitrogens is 1. The molecule has 0 bridgehead atoms. The summed E-state index contributed by atoms with van der Waals surface area (Å²) in [7, 11) is 0. The van der Waals surface area contributed by atoms with Gasteiger partial charge in [-0.3, -0.25) is 0 Å². The summed E-state index contributed by atoms with van der Waals surface area (Å²) in [4.78, 5) is 0. The van der Waals surface area contributed by atoms with Crippen molar-refractivity contribution in [1.82, 2.24) is 0 Å². The minimum Gasteiger partial charge on any atom is -0.488 e. The van der Waals surface area contributed by atoms with E-state index in [-0.39, 0.29) is 6.61 Å². The topological polar surface area (TPSA) is 81.5 Å². The highest BCUT2D eigenvalue weighted by molar-refractivity contribution is 5.60. The number of nitrogen functional groups attached to an aromatic ring is 2. The van der Waals surface area contributed by atoms with E-state index in [1.165, 1.54) is 0 Å². The van der Waals surface area contributed by atoms with Gasteiger partial charge in [-0.1, -0.05) is 20.8 Å². The Kier molecular flexibility index (Phi) is 8.20. The van der Waals surface area contributed by atoms with Crippen LogP contribution in [-0.4, -0.2) is 48.5 Å². The number of aliphatic hydroxyl groups excluding tert-OH is 1. The van der Waals surface area contributed by atoms with Crippen LogP contribution in [0.4, 0.5) is 11.4 Å². The average Bonchev–Trinajstić information content (AvgIpc) is 2.47. The molecule has 0 radical (unpaired) electrons. The average molecular weight is 324 g/mol. The summed E-state index contributed by atoms with van der Waals surface area (Å²) in [5, 5.41) is 10.5. The number of anilines is 2. The lowest BCUT2D eigenvalue weighted by molar-refractivity contribution is -0.931. The first kappa shape index (κ1) is 19.6. The molecule has 0 aliphatic heterocycles. The zero-order valence-corrected chi connectivity index (χ0v) is 14.9. The number of nitrogens with two attached hydrogens (primary N) is 2. The third kappa shape index (κ3) is 6.28. The van der Waals surface area contributed by atoms with Crippen molar-refractivity contribution < 1.29 is 14.3 Å². The number of ether oxygens (including phenoxy) is 1. The predicted molar refractivity (Wildman–Crippen MR) is 97.4 cm³/mol. The molecule has 0 saturated carbocycles. The van der Waals surface area contributed by atoms with Crippen LogP contribution in [0.3, 0.4) is 0 Å². The Morgan fingerprint density at radius 1 is 1.04 bits per heavy atom. The van der Waals surface area contributed by atoms with Crippen LogP contribution >= 0.6 is 0 Å². The van der Waals surface area contributed by atoms with E-state index in [2.05, 4.69) is 20.8 Å². The second kappa shape index (κ2) is 9.63. The lowest BCUT2D eigenvalue weighted by atomic mass is 10.2. The molecule has 0 amide bonds. The number of nitrogens with zero attached hydrogens (tertiary/aromatic N) is 1. The first-order valence-electron chi connectivity index (χ1n) is 8.77. The molecule has 0 saturated heterocycles. The predicted octanol–water partition coefficient (Wildman–Crippen LogP) is 2.64. The van der Waals surface area contributed by atoms with Crippen molar-refractivity contribution in [3.63, 3.8) is 0 Å². The van der Waals surface area contributed by atoms with E-state index in [0.717, 1.165) is 49.9 Å². The Balaban J connectivity index is 2.65. The molecule has 1 aromatic rings. The summed E-state index contributed by atoms with van der Waals surface area (Å²) >= 11 is 0. The van der Waals surface area contributed by atoms with Crippen LogP contribution in [0.15, 0.2) is 18.2 Å². The molecular formula is C18H34N3O2+. The van der Waals surface area contributed by atoms with Gasteiger partial charge in [0.2, 0.25) is 0 Å². The smallest absolute Gasteiger partial charge is 0.142 e. The van der Waals surface area contributed by atoms with Gasteiger partial charge in [-0.05, 0) is 37.5 Å². The van der Waals surface area contributed by atoms with E-state index >= 15 is 0 Å². The van der Waals surface area contributed by atoms with Crippen LogP contribution < -0.4 is 16.2 Å². The van der Waals surface area contributed by atoms with Gasteiger partial charge >= 0.3 is 0 Å². The Morgan fingerprint density at radius 3 is 2.09 bits per heavy atom. The van der Waals surface area contributed by atoms with Gasteiger partial charge in [0.25, 0.3) is 0 Å². The molecule has 23 heavy (non-hydrogen) atoms. The van der Waals surface area contributed by atoms with Crippen LogP contribution in [0.25, 0.3) is 0 Å². The quantitative estimate of drug-likeness (QED) is 0.432. The first-order chi connectivity index (χ1) is 11.0. The lowest BCUT2D eigenvalue weighted by Crippen LogP contribution is -2.54. The molecule has 0 spiro atoms. The summed E-state index contributed by atoms with van der Waals surface area (Å²) in [6.45, 7) is 10.9. The van der Waals surface area contributed by atoms with Gasteiger partial charge in [-0.25, -0.2) is 0 Å². The van der Waals surface area contributed by atoms with Gasteiger partial charge in [0.05, 0.1) is 25.3 Å². The number of aliphatic hydroxyl groups is 1. The molecule has 0 heterocycles. The summed E-state index contributed by atoms with van der Waals surface area (Å²) in [6, 6.07) is 5.18. The minimum absolute atomic E-state index is 0.255. The maximum absolute atomic E-state index is 10.5. The van der Waals surface area contributed by atoms with Crippen molar-refractivity contribution in [2.24, 2.45) is 0 Å². The van der Waals surface area contributed by atoms with Gasteiger partial charge < -0.3 is 25.8 Å². The summed E-state index contributed by atoms with van der Waals surface area (Å²) in [5.41, 5.74) is 12.7. The zero-order valence-electron chi connectivity index (χ0n) is 14.9. The largest absolute Gasteiger partial charge is 0.488 e. The van der Waals surface area contributed by atoms with Crippen LogP contribution in [0.2, 0.25) is 0 Å². The third-order valence-electron chi connectivity index (χ3n) is 4.16. The van der Waals surface area contributed by atoms with E-state index in [9.17, 15) is 5.11 Å². The van der Waals surface area contributed by atoms with Gasteiger partial charge in [0.15, 0.2) is 0 Å². The SMILES string of the molecule is CCC[N+](CCC)(CCC)CC(O)COc1ccc(N)cc1N. The molecule has 1 rings (SSSR count). The van der Waals surface area contributed by atoms with Crippen molar-refractivity contribution in [3.05, 3.63) is 18.2 Å². The van der Waals surface area contributed by atoms with E-state index in [4.69, 9.17) is 16.2 Å². The number of benzene rings is 1. The molecular weight excluding hydrogens is 290 g/mol. The van der Waals surface area contributed by atoms with E-state index in [1.807, 2.05) is 0 Å². The van der Waals surface area contributed by atoms with Crippen molar-refractivity contribution in [2.75, 3.05) is 44.3 Å². The summed E-state index contributed by atoms with van der Waals surface area (Å²) in [6.07, 6.45) is 2.87. The van der Waals surface area contributed by atoms with Crippen LogP contribution in [0.1, 0.15) is 40.0 Å². The highest BCUT2D eigenvalue weighted by Gasteiger charge is 2.28. The van der Waals surface area contributed by atoms with Crippen LogP contribution in [-0.2, 0) is 0 Å². The molecule has 5 nitrogen and oxygen atoms in total. The van der Waals surface area contributed by atoms with Gasteiger partial charge in [0, 0.05) is 5.69 Å². The maximum atomic E-state index is 10.5. The van der Waals surface area contributed by atoms with Gasteiger partial charge in [0.1, 0.15) is 25.0 Å². The molecule has 1 unspecified atom stereocenters. The third-order valence-corrected chi connectivity index (χ3v) is 4.16. The fourth-order valence-electron chi connectivity index (χ4n) is 3.42. The second-order valence-corrected chi connectivity index (χ2v) is 6.46. The van der Waals surface area contributed by atoms with E-state index in [0.29, 0.717) is 17.1 Å². The van der Waals surface area contributed by atoms with Crippen LogP contribution in [0, 0.1) is 0 Å². The van der Waals surface area contributed by atoms with Gasteiger partial charge in [-0.2, -0.15) is 0 Å². The number of hydrogen-bond acceptors (Lipinski definition) is 4. The summed E-state index contributed by atoms with van der Waals surface area (Å²) < 4.78 is 6.66. The molecule has 0 aromatic heterocycles. The van der Waals surface area contributed by atoms with Crippen molar-refractivity contribution in [1.29, 1.82) is 0 Å². The Labute approximate surface area is 140 Å². The molecule has 5 N–H and O–H groups in total. The first-order valence-corrected chi connectivity index (χ1v) is 8.77. The van der Waals surface area contributed by atoms with Crippen molar-refractivity contribution in [2.45, 2.75) is 46.1 Å². The van der Waals surface area contributed by atoms with Crippen LogP contribution in [0.5, 0.6) is 5.75 Å². The highest BCUT2D eigenvalue weighted by Crippen LogP contribution is 2.24. The van der Waals surface area contributed by atoms with Gasteiger partial charge in [-0.15, -0.1) is 0 Å². The molecule has 132 valence electrons. The second-order valence-electron chi connectivity index (χ2n) is 6.46. The number of hydrogen-bond donors (Lipinski definition) is 3.